The maximum atomic E-state index is 11.9. The Hall–Kier alpha value is -3.02. The van der Waals surface area contributed by atoms with Gasteiger partial charge in [-0.1, -0.05) is 23.8 Å². The fourth-order valence-corrected chi connectivity index (χ4v) is 2.25. The van der Waals surface area contributed by atoms with E-state index in [-0.39, 0.29) is 5.91 Å². The lowest BCUT2D eigenvalue weighted by Gasteiger charge is -2.03. The summed E-state index contributed by atoms with van der Waals surface area (Å²) < 4.78 is 5.62. The van der Waals surface area contributed by atoms with Gasteiger partial charge in [-0.05, 0) is 31.2 Å². The largest absolute Gasteiger partial charge is 0.421 e. The molecule has 2 heterocycles. The van der Waals surface area contributed by atoms with E-state index < -0.39 is 0 Å². The maximum Gasteiger partial charge on any atom is 0.247 e. The monoisotopic (exact) mass is 322 g/mol. The van der Waals surface area contributed by atoms with Gasteiger partial charge in [0.25, 0.3) is 0 Å². The molecule has 0 aliphatic heterocycles. The molecule has 1 aromatic carbocycles. The van der Waals surface area contributed by atoms with Gasteiger partial charge < -0.3 is 9.73 Å². The minimum Gasteiger partial charge on any atom is -0.421 e. The van der Waals surface area contributed by atoms with E-state index >= 15 is 0 Å². The van der Waals surface area contributed by atoms with Gasteiger partial charge in [-0.25, -0.2) is 0 Å². The average molecular weight is 322 g/mol. The third-order valence-electron chi connectivity index (χ3n) is 3.49. The number of aromatic nitrogens is 3. The first-order chi connectivity index (χ1) is 11.7. The second kappa shape index (κ2) is 7.50. The zero-order chi connectivity index (χ0) is 16.8. The van der Waals surface area contributed by atoms with Crippen molar-refractivity contribution in [3.8, 4) is 11.5 Å². The van der Waals surface area contributed by atoms with E-state index in [1.165, 1.54) is 0 Å². The summed E-state index contributed by atoms with van der Waals surface area (Å²) >= 11 is 0. The summed E-state index contributed by atoms with van der Waals surface area (Å²) in [6, 6.07) is 13.5. The van der Waals surface area contributed by atoms with Gasteiger partial charge in [-0.2, -0.15) is 0 Å². The lowest BCUT2D eigenvalue weighted by atomic mass is 10.1. The number of hydrogen-bond acceptors (Lipinski definition) is 5. The molecule has 2 aromatic heterocycles. The molecule has 0 bridgehead atoms. The fourth-order valence-electron chi connectivity index (χ4n) is 2.25. The van der Waals surface area contributed by atoms with Gasteiger partial charge in [0.05, 0.1) is 12.2 Å². The predicted molar refractivity (Wildman–Crippen MR) is 88.9 cm³/mol. The van der Waals surface area contributed by atoms with Crippen molar-refractivity contribution in [1.82, 2.24) is 20.5 Å². The molecule has 3 aromatic rings. The van der Waals surface area contributed by atoms with Crippen molar-refractivity contribution >= 4 is 5.91 Å². The van der Waals surface area contributed by atoms with Gasteiger partial charge in [-0.15, -0.1) is 10.2 Å². The first-order valence-corrected chi connectivity index (χ1v) is 7.77. The Morgan fingerprint density at radius 2 is 2.08 bits per heavy atom. The molecule has 0 atom stereocenters. The molecule has 1 N–H and O–H groups in total. The lowest BCUT2D eigenvalue weighted by Crippen LogP contribution is -2.23. The average Bonchev–Trinajstić information content (AvgIpc) is 3.08. The predicted octanol–water partition coefficient (Wildman–Crippen LogP) is 2.69. The van der Waals surface area contributed by atoms with Crippen LogP contribution in [0.3, 0.4) is 0 Å². The van der Waals surface area contributed by atoms with Crippen LogP contribution in [-0.4, -0.2) is 21.1 Å². The Morgan fingerprint density at radius 3 is 2.88 bits per heavy atom. The van der Waals surface area contributed by atoms with Crippen molar-refractivity contribution in [2.45, 2.75) is 26.3 Å². The van der Waals surface area contributed by atoms with E-state index in [1.807, 2.05) is 49.4 Å². The molecular formula is C18H18N4O2. The number of benzene rings is 1. The molecular weight excluding hydrogens is 304 g/mol. The second-order valence-corrected chi connectivity index (χ2v) is 5.47. The van der Waals surface area contributed by atoms with Crippen LogP contribution in [0.2, 0.25) is 0 Å². The number of nitrogens with one attached hydrogen (secondary N) is 1. The Kier molecular flexibility index (Phi) is 4.96. The standard InChI is InChI=1S/C18H18N4O2/c1-13-5-4-6-14(11-13)18-22-21-17(24-18)9-8-16(23)20-12-15-7-2-3-10-19-15/h2-7,10-11H,8-9,12H2,1H3,(H,20,23). The topological polar surface area (TPSA) is 80.9 Å². The number of carbonyl (C=O) groups is 1. The molecule has 6 heteroatoms. The summed E-state index contributed by atoms with van der Waals surface area (Å²) in [5.41, 5.74) is 2.83. The third-order valence-corrected chi connectivity index (χ3v) is 3.49. The van der Waals surface area contributed by atoms with E-state index in [1.54, 1.807) is 6.20 Å². The molecule has 122 valence electrons. The number of aryl methyl sites for hydroxylation is 2. The van der Waals surface area contributed by atoms with Crippen LogP contribution in [0, 0.1) is 6.92 Å². The second-order valence-electron chi connectivity index (χ2n) is 5.47. The SMILES string of the molecule is Cc1cccc(-c2nnc(CCC(=O)NCc3ccccn3)o2)c1. The first kappa shape index (κ1) is 15.9. The minimum atomic E-state index is -0.0732. The molecule has 0 unspecified atom stereocenters. The highest BCUT2D eigenvalue weighted by Gasteiger charge is 2.10. The zero-order valence-electron chi connectivity index (χ0n) is 13.4. The number of nitrogens with zero attached hydrogens (tertiary/aromatic N) is 3. The summed E-state index contributed by atoms with van der Waals surface area (Å²) in [7, 11) is 0. The molecule has 0 spiro atoms. The van der Waals surface area contributed by atoms with Crippen LogP contribution in [0.5, 0.6) is 0 Å². The quantitative estimate of drug-likeness (QED) is 0.754. The number of rotatable bonds is 6. The highest BCUT2D eigenvalue weighted by Crippen LogP contribution is 2.19. The van der Waals surface area contributed by atoms with E-state index in [2.05, 4.69) is 20.5 Å². The van der Waals surface area contributed by atoms with Crippen LogP contribution < -0.4 is 5.32 Å². The van der Waals surface area contributed by atoms with Crippen LogP contribution >= 0.6 is 0 Å². The van der Waals surface area contributed by atoms with Crippen molar-refractivity contribution in [3.05, 3.63) is 65.8 Å². The molecule has 0 saturated carbocycles. The highest BCUT2D eigenvalue weighted by molar-refractivity contribution is 5.75. The normalized spacial score (nSPS) is 10.5. The smallest absolute Gasteiger partial charge is 0.247 e. The van der Waals surface area contributed by atoms with Gasteiger partial charge in [0.1, 0.15) is 0 Å². The highest BCUT2D eigenvalue weighted by atomic mass is 16.4. The molecule has 0 aliphatic rings. The summed E-state index contributed by atoms with van der Waals surface area (Å²) in [4.78, 5) is 16.0. The summed E-state index contributed by atoms with van der Waals surface area (Å²) in [6.45, 7) is 2.42. The summed E-state index contributed by atoms with van der Waals surface area (Å²) in [5.74, 6) is 0.859. The molecule has 0 radical (unpaired) electrons. The molecule has 0 fully saturated rings. The maximum absolute atomic E-state index is 11.9. The summed E-state index contributed by atoms with van der Waals surface area (Å²) in [6.07, 6.45) is 2.40. The number of hydrogen-bond donors (Lipinski definition) is 1. The Morgan fingerprint density at radius 1 is 1.17 bits per heavy atom. The van der Waals surface area contributed by atoms with Crippen molar-refractivity contribution < 1.29 is 9.21 Å². The molecule has 24 heavy (non-hydrogen) atoms. The van der Waals surface area contributed by atoms with Gasteiger partial charge in [0, 0.05) is 24.6 Å². The van der Waals surface area contributed by atoms with Gasteiger partial charge >= 0.3 is 0 Å². The molecule has 6 nitrogen and oxygen atoms in total. The van der Waals surface area contributed by atoms with Crippen molar-refractivity contribution in [3.63, 3.8) is 0 Å². The van der Waals surface area contributed by atoms with Crippen LogP contribution in [-0.2, 0) is 17.8 Å². The first-order valence-electron chi connectivity index (χ1n) is 7.77. The van der Waals surface area contributed by atoms with Crippen molar-refractivity contribution in [2.24, 2.45) is 0 Å². The minimum absolute atomic E-state index is 0.0732. The molecule has 1 amide bonds. The van der Waals surface area contributed by atoms with E-state index in [4.69, 9.17) is 4.42 Å². The van der Waals surface area contributed by atoms with Crippen LogP contribution in [0.1, 0.15) is 23.6 Å². The molecule has 3 rings (SSSR count). The Bertz CT molecular complexity index is 815. The fraction of sp³-hybridized carbons (Fsp3) is 0.222. The number of amides is 1. The summed E-state index contributed by atoms with van der Waals surface area (Å²) in [5, 5.41) is 10.9. The van der Waals surface area contributed by atoms with Crippen molar-refractivity contribution in [1.29, 1.82) is 0 Å². The van der Waals surface area contributed by atoms with Crippen LogP contribution in [0.25, 0.3) is 11.5 Å². The molecule has 0 saturated heterocycles. The Labute approximate surface area is 140 Å². The Balaban J connectivity index is 1.51. The molecule has 0 aliphatic carbocycles. The zero-order valence-corrected chi connectivity index (χ0v) is 13.4. The third kappa shape index (κ3) is 4.25. The van der Waals surface area contributed by atoms with Gasteiger partial charge in [-0.3, -0.25) is 9.78 Å². The lowest BCUT2D eigenvalue weighted by molar-refractivity contribution is -0.121. The van der Waals surface area contributed by atoms with E-state index in [0.29, 0.717) is 31.2 Å². The van der Waals surface area contributed by atoms with Gasteiger partial charge in [0.2, 0.25) is 17.7 Å². The number of pyridine rings is 1. The van der Waals surface area contributed by atoms with Crippen LogP contribution in [0.4, 0.5) is 0 Å². The van der Waals surface area contributed by atoms with E-state index in [0.717, 1.165) is 16.8 Å². The van der Waals surface area contributed by atoms with Gasteiger partial charge in [0.15, 0.2) is 0 Å². The van der Waals surface area contributed by atoms with Crippen molar-refractivity contribution in [2.75, 3.05) is 0 Å². The van der Waals surface area contributed by atoms with Crippen LogP contribution in [0.15, 0.2) is 53.1 Å². The van der Waals surface area contributed by atoms with E-state index in [9.17, 15) is 4.79 Å². The number of carbonyl (C=O) groups excluding carboxylic acids is 1.